The van der Waals surface area contributed by atoms with Crippen LogP contribution in [0, 0.1) is 17.8 Å². The predicted molar refractivity (Wildman–Crippen MR) is 154 cm³/mol. The summed E-state index contributed by atoms with van der Waals surface area (Å²) in [4.78, 5) is 48.1. The summed E-state index contributed by atoms with van der Waals surface area (Å²) in [5.74, 6) is -2.08. The highest BCUT2D eigenvalue weighted by Gasteiger charge is 2.75. The molecule has 40 heavy (non-hydrogen) atoms. The molecule has 1 aromatic carbocycles. The Kier molecular flexibility index (Phi) is 9.52. The average molecular weight is 552 g/mol. The number of aliphatic hydroxyl groups excluding tert-OH is 1. The summed E-state index contributed by atoms with van der Waals surface area (Å²) in [6, 6.07) is 8.23. The number of rotatable bonds is 14. The molecule has 218 valence electrons. The van der Waals surface area contributed by atoms with E-state index in [1.165, 1.54) is 0 Å². The van der Waals surface area contributed by atoms with Crippen LogP contribution in [0.1, 0.15) is 52.0 Å². The van der Waals surface area contributed by atoms with Crippen LogP contribution in [0.3, 0.4) is 0 Å². The Balaban J connectivity index is 1.78. The Morgan fingerprint density at radius 1 is 1.15 bits per heavy atom. The molecule has 1 aromatic rings. The molecule has 1 spiro atoms. The molecule has 8 heteroatoms. The van der Waals surface area contributed by atoms with Gasteiger partial charge in [-0.05, 0) is 30.7 Å². The van der Waals surface area contributed by atoms with Crippen molar-refractivity contribution in [3.63, 3.8) is 0 Å². The van der Waals surface area contributed by atoms with Crippen molar-refractivity contribution < 1.29 is 24.2 Å². The van der Waals surface area contributed by atoms with E-state index in [0.29, 0.717) is 39.0 Å². The second kappa shape index (κ2) is 12.7. The number of carbonyl (C=O) groups excluding carboxylic acids is 3. The normalized spacial score (nSPS) is 28.2. The van der Waals surface area contributed by atoms with Gasteiger partial charge in [0.2, 0.25) is 17.7 Å². The van der Waals surface area contributed by atoms with Crippen molar-refractivity contribution >= 4 is 17.7 Å². The molecule has 0 saturated carbocycles. The minimum atomic E-state index is -1.11. The van der Waals surface area contributed by atoms with E-state index in [2.05, 4.69) is 13.2 Å². The van der Waals surface area contributed by atoms with Gasteiger partial charge in [0.25, 0.3) is 0 Å². The third-order valence-corrected chi connectivity index (χ3v) is 9.13. The third-order valence-electron chi connectivity index (χ3n) is 9.13. The Labute approximate surface area is 238 Å². The summed E-state index contributed by atoms with van der Waals surface area (Å²) in [5.41, 5.74) is -0.144. The SMILES string of the molecule is C=CCN(Cc1ccccc1)C(=O)C1N([C@@H](CO)[C@@H](C)CC)C(=O)[C@@H]2[C@@H](C(=O)N(CC=C)CCC)[C@H]3CCC12O3. The Bertz CT molecular complexity index is 1090. The first-order valence-corrected chi connectivity index (χ1v) is 14.7. The van der Waals surface area contributed by atoms with E-state index in [9.17, 15) is 19.5 Å². The largest absolute Gasteiger partial charge is 0.394 e. The van der Waals surface area contributed by atoms with Gasteiger partial charge in [-0.3, -0.25) is 14.4 Å². The smallest absolute Gasteiger partial charge is 0.249 e. The van der Waals surface area contributed by atoms with E-state index >= 15 is 0 Å². The standard InChI is InChI=1S/C32H45N3O5/c1-6-17-33(18-7-2)29(37)26-25-15-16-32(40-25)27(26)30(38)35(24(21-36)22(5)9-4)28(32)31(39)34(19-8-3)20-23-13-11-10-12-14-23/h6,8,10-14,22,24-28,36H,1,3,7,9,15-21H2,2,4-5H3/t22-,24-,25+,26-,27-,28?,32?/m0/s1. The van der Waals surface area contributed by atoms with Gasteiger partial charge < -0.3 is 24.5 Å². The zero-order valence-corrected chi connectivity index (χ0v) is 24.2. The first kappa shape index (κ1) is 30.0. The lowest BCUT2D eigenvalue weighted by atomic mass is 9.70. The van der Waals surface area contributed by atoms with Crippen molar-refractivity contribution in [3.05, 3.63) is 61.2 Å². The molecule has 3 amide bonds. The zero-order valence-electron chi connectivity index (χ0n) is 24.2. The number of aliphatic hydroxyl groups is 1. The summed E-state index contributed by atoms with van der Waals surface area (Å²) >= 11 is 0. The number of fused-ring (bicyclic) bond motifs is 1. The Morgan fingerprint density at radius 2 is 1.82 bits per heavy atom. The van der Waals surface area contributed by atoms with E-state index in [0.717, 1.165) is 18.4 Å². The zero-order chi connectivity index (χ0) is 29.0. The topological polar surface area (TPSA) is 90.4 Å². The second-order valence-electron chi connectivity index (χ2n) is 11.5. The number of likely N-dealkylation sites (tertiary alicyclic amines) is 1. The van der Waals surface area contributed by atoms with E-state index in [4.69, 9.17) is 4.74 Å². The lowest BCUT2D eigenvalue weighted by Crippen LogP contribution is -2.59. The predicted octanol–water partition coefficient (Wildman–Crippen LogP) is 3.41. The maximum Gasteiger partial charge on any atom is 0.249 e. The second-order valence-corrected chi connectivity index (χ2v) is 11.5. The summed E-state index contributed by atoms with van der Waals surface area (Å²) in [6.45, 7) is 15.0. The van der Waals surface area contributed by atoms with Gasteiger partial charge >= 0.3 is 0 Å². The van der Waals surface area contributed by atoms with Crippen LogP contribution < -0.4 is 0 Å². The fraction of sp³-hybridized carbons (Fsp3) is 0.594. The van der Waals surface area contributed by atoms with Gasteiger partial charge in [0.1, 0.15) is 11.6 Å². The molecule has 2 bridgehead atoms. The number of hydrogen-bond donors (Lipinski definition) is 1. The molecule has 3 fully saturated rings. The van der Waals surface area contributed by atoms with Crippen molar-refractivity contribution in [2.24, 2.45) is 17.8 Å². The highest BCUT2D eigenvalue weighted by Crippen LogP contribution is 2.59. The lowest BCUT2D eigenvalue weighted by Gasteiger charge is -2.41. The van der Waals surface area contributed by atoms with Crippen molar-refractivity contribution in [2.45, 2.75) is 76.8 Å². The molecule has 2 unspecified atom stereocenters. The number of benzene rings is 1. The molecule has 4 rings (SSSR count). The molecule has 1 N–H and O–H groups in total. The van der Waals surface area contributed by atoms with Gasteiger partial charge in [-0.2, -0.15) is 0 Å². The maximum absolute atomic E-state index is 14.6. The van der Waals surface area contributed by atoms with Gasteiger partial charge in [-0.1, -0.05) is 69.7 Å². The highest BCUT2D eigenvalue weighted by atomic mass is 16.5. The maximum atomic E-state index is 14.6. The Hall–Kier alpha value is -2.97. The van der Waals surface area contributed by atoms with Crippen LogP contribution in [0.15, 0.2) is 55.6 Å². The van der Waals surface area contributed by atoms with Gasteiger partial charge in [-0.15, -0.1) is 13.2 Å². The summed E-state index contributed by atoms with van der Waals surface area (Å²) in [7, 11) is 0. The van der Waals surface area contributed by atoms with E-state index in [-0.39, 0.29) is 30.2 Å². The van der Waals surface area contributed by atoms with Gasteiger partial charge in [0.15, 0.2) is 0 Å². The van der Waals surface area contributed by atoms with Crippen molar-refractivity contribution in [1.82, 2.24) is 14.7 Å². The van der Waals surface area contributed by atoms with Gasteiger partial charge in [0, 0.05) is 26.2 Å². The third kappa shape index (κ3) is 5.12. The number of carbonyl (C=O) groups is 3. The van der Waals surface area contributed by atoms with Crippen LogP contribution in [0.4, 0.5) is 0 Å². The molecule has 0 radical (unpaired) electrons. The van der Waals surface area contributed by atoms with E-state index in [1.807, 2.05) is 51.1 Å². The molecule has 0 aromatic heterocycles. The highest BCUT2D eigenvalue weighted by molar-refractivity contribution is 5.99. The quantitative estimate of drug-likeness (QED) is 0.358. The summed E-state index contributed by atoms with van der Waals surface area (Å²) in [5, 5.41) is 10.6. The number of nitrogens with zero attached hydrogens (tertiary/aromatic N) is 3. The molecule has 3 aliphatic rings. The monoisotopic (exact) mass is 551 g/mol. The molecular formula is C32H45N3O5. The average Bonchev–Trinajstić information content (AvgIpc) is 3.60. The van der Waals surface area contributed by atoms with E-state index in [1.54, 1.807) is 26.9 Å². The summed E-state index contributed by atoms with van der Waals surface area (Å²) < 4.78 is 6.65. The van der Waals surface area contributed by atoms with Gasteiger partial charge in [-0.25, -0.2) is 0 Å². The van der Waals surface area contributed by atoms with Crippen LogP contribution in [-0.2, 0) is 25.7 Å². The molecule has 3 saturated heterocycles. The van der Waals surface area contributed by atoms with Crippen LogP contribution in [-0.4, -0.2) is 87.6 Å². The lowest BCUT2D eigenvalue weighted by molar-refractivity contribution is -0.153. The van der Waals surface area contributed by atoms with Crippen LogP contribution in [0.25, 0.3) is 0 Å². The Morgan fingerprint density at radius 3 is 2.42 bits per heavy atom. The molecule has 8 nitrogen and oxygen atoms in total. The molecular weight excluding hydrogens is 506 g/mol. The van der Waals surface area contributed by atoms with Crippen LogP contribution in [0.5, 0.6) is 0 Å². The molecule has 3 heterocycles. The summed E-state index contributed by atoms with van der Waals surface area (Å²) in [6.07, 6.45) is 5.61. The minimum absolute atomic E-state index is 0.0508. The van der Waals surface area contributed by atoms with E-state index < -0.39 is 35.6 Å². The van der Waals surface area contributed by atoms with Gasteiger partial charge in [0.05, 0.1) is 30.6 Å². The molecule has 3 aliphatic heterocycles. The molecule has 0 aliphatic carbocycles. The fourth-order valence-corrected chi connectivity index (χ4v) is 7.12. The van der Waals surface area contributed by atoms with Crippen molar-refractivity contribution in [2.75, 3.05) is 26.2 Å². The number of hydrogen-bond acceptors (Lipinski definition) is 5. The van der Waals surface area contributed by atoms with Crippen LogP contribution >= 0.6 is 0 Å². The van der Waals surface area contributed by atoms with Crippen LogP contribution in [0.2, 0.25) is 0 Å². The van der Waals surface area contributed by atoms with Crippen molar-refractivity contribution in [1.29, 1.82) is 0 Å². The fourth-order valence-electron chi connectivity index (χ4n) is 7.12. The first-order valence-electron chi connectivity index (χ1n) is 14.7. The van der Waals surface area contributed by atoms with Crippen molar-refractivity contribution in [3.8, 4) is 0 Å². The number of amides is 3. The molecule has 7 atom stereocenters. The number of ether oxygens (including phenoxy) is 1. The first-order chi connectivity index (χ1) is 19.3. The minimum Gasteiger partial charge on any atom is -0.394 e.